The Morgan fingerprint density at radius 2 is 2.13 bits per heavy atom. The quantitative estimate of drug-likeness (QED) is 0.351. The molecule has 1 fully saturated rings. The van der Waals surface area contributed by atoms with Crippen molar-refractivity contribution in [2.45, 2.75) is 51.6 Å². The molecule has 9 nitrogen and oxygen atoms in total. The van der Waals surface area contributed by atoms with Crippen LogP contribution in [0.5, 0.6) is 5.75 Å². The zero-order valence-corrected chi connectivity index (χ0v) is 18.6. The van der Waals surface area contributed by atoms with Gasteiger partial charge < -0.3 is 19.5 Å². The molecule has 0 spiro atoms. The zero-order valence-electron chi connectivity index (χ0n) is 16.1. The van der Waals surface area contributed by atoms with Crippen LogP contribution in [0, 0.1) is 18.5 Å². The Morgan fingerprint density at radius 3 is 2.90 bits per heavy atom. The Balaban J connectivity index is 1.45. The van der Waals surface area contributed by atoms with E-state index in [2.05, 4.69) is 4.98 Å². The molecule has 30 heavy (non-hydrogen) atoms. The van der Waals surface area contributed by atoms with E-state index >= 15 is 0 Å². The molecule has 2 aliphatic heterocycles. The van der Waals surface area contributed by atoms with Crippen molar-refractivity contribution in [3.63, 3.8) is 0 Å². The minimum atomic E-state index is -2.67. The second kappa shape index (κ2) is 8.29. The average molecular weight is 475 g/mol. The first-order valence-electron chi connectivity index (χ1n) is 9.15. The molecule has 162 valence electrons. The SMILES string of the molecule is Cc1cc(C)c2c(c1)COP(OC(O)(O)C1CCC(n3cc(Cl)c(=S)[nH]c3=O)O1)O2. The molecule has 1 aromatic carbocycles. The topological polar surface area (TPSA) is 115 Å². The maximum Gasteiger partial charge on any atom is 0.402 e. The van der Waals surface area contributed by atoms with E-state index in [1.165, 1.54) is 10.8 Å². The van der Waals surface area contributed by atoms with Crippen LogP contribution in [-0.2, 0) is 20.4 Å². The molecule has 3 N–H and O–H groups in total. The van der Waals surface area contributed by atoms with Gasteiger partial charge in [0.15, 0.2) is 0 Å². The van der Waals surface area contributed by atoms with Crippen LogP contribution in [-0.4, -0.2) is 31.8 Å². The van der Waals surface area contributed by atoms with Crippen molar-refractivity contribution in [1.82, 2.24) is 9.55 Å². The van der Waals surface area contributed by atoms with Gasteiger partial charge in [-0.1, -0.05) is 41.5 Å². The summed E-state index contributed by atoms with van der Waals surface area (Å²) in [7, 11) is -2.06. The molecular formula is C18H20ClN2O7PS. The molecule has 0 saturated carbocycles. The molecule has 0 bridgehead atoms. The summed E-state index contributed by atoms with van der Waals surface area (Å²) in [6.07, 6.45) is 0.00717. The van der Waals surface area contributed by atoms with Gasteiger partial charge in [-0.2, -0.15) is 0 Å². The summed E-state index contributed by atoms with van der Waals surface area (Å²) in [5.41, 5.74) is 2.33. The lowest BCUT2D eigenvalue weighted by molar-refractivity contribution is -0.346. The number of nitrogens with zero attached hydrogens (tertiary/aromatic N) is 1. The van der Waals surface area contributed by atoms with Crippen LogP contribution < -0.4 is 10.2 Å². The maximum atomic E-state index is 12.1. The lowest BCUT2D eigenvalue weighted by atomic mass is 10.1. The Labute approximate surface area is 183 Å². The van der Waals surface area contributed by atoms with Crippen LogP contribution in [0.2, 0.25) is 5.02 Å². The number of hydrogen-bond acceptors (Lipinski definition) is 8. The number of aliphatic hydroxyl groups is 2. The van der Waals surface area contributed by atoms with Gasteiger partial charge in [-0.05, 0) is 32.3 Å². The van der Waals surface area contributed by atoms with Crippen LogP contribution in [0.25, 0.3) is 0 Å². The largest absolute Gasteiger partial charge is 0.426 e. The highest BCUT2D eigenvalue weighted by Crippen LogP contribution is 2.51. The highest BCUT2D eigenvalue weighted by molar-refractivity contribution is 7.71. The Hall–Kier alpha value is -1.36. The first kappa shape index (κ1) is 21.9. The van der Waals surface area contributed by atoms with Gasteiger partial charge in [0.1, 0.15) is 22.7 Å². The second-order valence-electron chi connectivity index (χ2n) is 7.21. The number of rotatable bonds is 4. The fourth-order valence-corrected chi connectivity index (χ4v) is 4.92. The van der Waals surface area contributed by atoms with Crippen molar-refractivity contribution in [1.29, 1.82) is 0 Å². The highest BCUT2D eigenvalue weighted by Gasteiger charge is 2.47. The maximum absolute atomic E-state index is 12.1. The van der Waals surface area contributed by atoms with Gasteiger partial charge >= 0.3 is 20.3 Å². The number of hydrogen-bond donors (Lipinski definition) is 3. The standard InChI is InChI=1S/C18H20ClN2O7PS/c1-9-5-10(2)15-11(6-9)8-25-29(27-15)28-18(23,24)13-3-4-14(26-13)21-7-12(19)16(30)20-17(21)22/h5-7,13-14,23-24H,3-4,8H2,1-2H3,(H,20,22,30). The number of benzene rings is 1. The van der Waals surface area contributed by atoms with Crippen molar-refractivity contribution in [3.8, 4) is 5.75 Å². The molecule has 3 heterocycles. The minimum Gasteiger partial charge on any atom is -0.426 e. The van der Waals surface area contributed by atoms with E-state index in [9.17, 15) is 15.0 Å². The molecular weight excluding hydrogens is 455 g/mol. The number of aromatic amines is 1. The zero-order chi connectivity index (χ0) is 21.6. The van der Waals surface area contributed by atoms with Gasteiger partial charge in [-0.25, -0.2) is 9.32 Å². The predicted molar refractivity (Wildman–Crippen MR) is 111 cm³/mol. The van der Waals surface area contributed by atoms with Crippen LogP contribution >= 0.6 is 32.4 Å². The lowest BCUT2D eigenvalue weighted by Gasteiger charge is -2.32. The van der Waals surface area contributed by atoms with Gasteiger partial charge in [-0.3, -0.25) is 14.1 Å². The van der Waals surface area contributed by atoms with Crippen molar-refractivity contribution in [2.24, 2.45) is 0 Å². The van der Waals surface area contributed by atoms with Gasteiger partial charge in [0.2, 0.25) is 0 Å². The smallest absolute Gasteiger partial charge is 0.402 e. The summed E-state index contributed by atoms with van der Waals surface area (Å²) in [5, 5.41) is 21.2. The van der Waals surface area contributed by atoms with Crippen LogP contribution in [0.1, 0.15) is 35.8 Å². The Kier molecular flexibility index (Phi) is 6.04. The van der Waals surface area contributed by atoms with E-state index in [1.807, 2.05) is 26.0 Å². The fourth-order valence-electron chi connectivity index (χ4n) is 3.49. The highest BCUT2D eigenvalue weighted by atomic mass is 35.5. The third-order valence-corrected chi connectivity index (χ3v) is 6.66. The molecule has 2 aliphatic rings. The molecule has 12 heteroatoms. The summed E-state index contributed by atoms with van der Waals surface area (Å²) in [6.45, 7) is 4.10. The number of aryl methyl sites for hydroxylation is 2. The predicted octanol–water partition coefficient (Wildman–Crippen LogP) is 3.34. The number of ether oxygens (including phenoxy) is 1. The summed E-state index contributed by atoms with van der Waals surface area (Å²) < 4.78 is 23.6. The van der Waals surface area contributed by atoms with E-state index < -0.39 is 32.6 Å². The molecule has 3 atom stereocenters. The molecule has 2 aromatic rings. The van der Waals surface area contributed by atoms with Crippen molar-refractivity contribution in [3.05, 3.63) is 55.2 Å². The monoisotopic (exact) mass is 474 g/mol. The first-order chi connectivity index (χ1) is 14.1. The van der Waals surface area contributed by atoms with Crippen LogP contribution in [0.15, 0.2) is 23.1 Å². The summed E-state index contributed by atoms with van der Waals surface area (Å²) in [5.74, 6) is -2.06. The summed E-state index contributed by atoms with van der Waals surface area (Å²) in [6, 6.07) is 3.90. The van der Waals surface area contributed by atoms with E-state index in [0.29, 0.717) is 12.2 Å². The number of H-pyrrole nitrogens is 1. The molecule has 0 amide bonds. The number of nitrogens with one attached hydrogen (secondary N) is 1. The second-order valence-corrected chi connectivity index (χ2v) is 9.09. The molecule has 3 unspecified atom stereocenters. The van der Waals surface area contributed by atoms with Crippen LogP contribution in [0.3, 0.4) is 0 Å². The van der Waals surface area contributed by atoms with Crippen molar-refractivity contribution >= 4 is 32.4 Å². The van der Waals surface area contributed by atoms with Crippen molar-refractivity contribution < 1.29 is 28.5 Å². The average Bonchev–Trinajstić information content (AvgIpc) is 3.16. The molecule has 1 saturated heterocycles. The summed E-state index contributed by atoms with van der Waals surface area (Å²) >= 11 is 10.9. The first-order valence-corrected chi connectivity index (χ1v) is 11.0. The molecule has 0 aliphatic carbocycles. The molecule has 4 rings (SSSR count). The van der Waals surface area contributed by atoms with Gasteiger partial charge in [0.05, 0.1) is 11.6 Å². The van der Waals surface area contributed by atoms with E-state index in [-0.39, 0.29) is 22.7 Å². The van der Waals surface area contributed by atoms with Crippen LogP contribution in [0.4, 0.5) is 0 Å². The Bertz CT molecular complexity index is 1090. The normalized spacial score (nSPS) is 23.8. The van der Waals surface area contributed by atoms with Gasteiger partial charge in [0.25, 0.3) is 0 Å². The number of halogens is 1. The van der Waals surface area contributed by atoms with E-state index in [0.717, 1.165) is 16.7 Å². The number of fused-ring (bicyclic) bond motifs is 1. The summed E-state index contributed by atoms with van der Waals surface area (Å²) in [4.78, 5) is 14.6. The third-order valence-electron chi connectivity index (χ3n) is 4.85. The molecule has 1 aromatic heterocycles. The Morgan fingerprint density at radius 1 is 1.37 bits per heavy atom. The van der Waals surface area contributed by atoms with E-state index in [1.54, 1.807) is 0 Å². The lowest BCUT2D eigenvalue weighted by Crippen LogP contribution is -2.44. The minimum absolute atomic E-state index is 0.120. The van der Waals surface area contributed by atoms with E-state index in [4.69, 9.17) is 42.1 Å². The third kappa shape index (κ3) is 4.32. The van der Waals surface area contributed by atoms with Gasteiger partial charge in [-0.15, -0.1) is 0 Å². The molecule has 0 radical (unpaired) electrons. The van der Waals surface area contributed by atoms with Gasteiger partial charge in [0, 0.05) is 11.8 Å². The fraction of sp³-hybridized carbons (Fsp3) is 0.444. The van der Waals surface area contributed by atoms with Crippen molar-refractivity contribution in [2.75, 3.05) is 0 Å². The number of aromatic nitrogens is 2.